The summed E-state index contributed by atoms with van der Waals surface area (Å²) >= 11 is 0. The van der Waals surface area contributed by atoms with Crippen LogP contribution in [0.15, 0.2) is 61.1 Å². The van der Waals surface area contributed by atoms with Crippen LogP contribution in [-0.2, 0) is 0 Å². The zero-order valence-electron chi connectivity index (χ0n) is 10.1. The van der Waals surface area contributed by atoms with Crippen LogP contribution in [0.2, 0.25) is 0 Å². The van der Waals surface area contributed by atoms with Gasteiger partial charge in [-0.25, -0.2) is 4.98 Å². The minimum atomic E-state index is -0.212. The van der Waals surface area contributed by atoms with E-state index < -0.39 is 0 Å². The lowest BCUT2D eigenvalue weighted by atomic mass is 10.2. The van der Waals surface area contributed by atoms with Crippen molar-refractivity contribution in [2.45, 2.75) is 0 Å². The normalized spacial score (nSPS) is 10.3. The molecule has 0 saturated carbocycles. The third-order valence-corrected chi connectivity index (χ3v) is 2.80. The minimum Gasteiger partial charge on any atom is -0.306 e. The van der Waals surface area contributed by atoms with E-state index in [0.717, 1.165) is 10.8 Å². The number of amides is 1. The second-order valence-corrected chi connectivity index (χ2v) is 4.11. The molecule has 0 unspecified atom stereocenters. The Hall–Kier alpha value is -2.75. The molecule has 1 amide bonds. The fourth-order valence-corrected chi connectivity index (χ4v) is 1.84. The number of benzene rings is 1. The van der Waals surface area contributed by atoms with E-state index in [1.54, 1.807) is 24.5 Å². The molecular formula is C15H11N3O. The number of anilines is 1. The van der Waals surface area contributed by atoms with E-state index in [0.29, 0.717) is 11.4 Å². The summed E-state index contributed by atoms with van der Waals surface area (Å²) in [5, 5.41) is 4.84. The lowest BCUT2D eigenvalue weighted by Crippen LogP contribution is -2.12. The van der Waals surface area contributed by atoms with Gasteiger partial charge in [0.2, 0.25) is 0 Å². The van der Waals surface area contributed by atoms with E-state index in [9.17, 15) is 4.79 Å². The van der Waals surface area contributed by atoms with Crippen LogP contribution in [0.25, 0.3) is 10.8 Å². The van der Waals surface area contributed by atoms with Crippen LogP contribution in [0, 0.1) is 0 Å². The monoisotopic (exact) mass is 249 g/mol. The highest BCUT2D eigenvalue weighted by Crippen LogP contribution is 2.16. The second-order valence-electron chi connectivity index (χ2n) is 4.11. The molecule has 3 aromatic rings. The van der Waals surface area contributed by atoms with Gasteiger partial charge in [0.05, 0.1) is 5.56 Å². The number of rotatable bonds is 2. The first-order valence-corrected chi connectivity index (χ1v) is 5.89. The number of carbonyl (C=O) groups is 1. The first-order chi connectivity index (χ1) is 9.33. The largest absolute Gasteiger partial charge is 0.306 e. The SMILES string of the molecule is O=C(Nc1cc2ccccc2cn1)c1cccnc1. The van der Waals surface area contributed by atoms with Gasteiger partial charge < -0.3 is 5.32 Å². The van der Waals surface area contributed by atoms with Gasteiger partial charge in [-0.2, -0.15) is 0 Å². The average Bonchev–Trinajstić information content (AvgIpc) is 2.48. The number of hydrogen-bond acceptors (Lipinski definition) is 3. The fraction of sp³-hybridized carbons (Fsp3) is 0. The van der Waals surface area contributed by atoms with E-state index in [2.05, 4.69) is 15.3 Å². The molecule has 0 aliphatic carbocycles. The molecule has 0 aliphatic rings. The van der Waals surface area contributed by atoms with Crippen LogP contribution in [0.4, 0.5) is 5.82 Å². The molecule has 0 radical (unpaired) electrons. The Morgan fingerprint density at radius 2 is 1.84 bits per heavy atom. The van der Waals surface area contributed by atoms with Gasteiger partial charge in [-0.3, -0.25) is 9.78 Å². The average molecular weight is 249 g/mol. The summed E-state index contributed by atoms with van der Waals surface area (Å²) in [5.41, 5.74) is 0.512. The maximum Gasteiger partial charge on any atom is 0.258 e. The Labute approximate surface area is 110 Å². The molecule has 92 valence electrons. The fourth-order valence-electron chi connectivity index (χ4n) is 1.84. The summed E-state index contributed by atoms with van der Waals surface area (Å²) in [4.78, 5) is 20.1. The number of nitrogens with zero attached hydrogens (tertiary/aromatic N) is 2. The van der Waals surface area contributed by atoms with Gasteiger partial charge in [0, 0.05) is 24.0 Å². The van der Waals surface area contributed by atoms with Gasteiger partial charge in [0.1, 0.15) is 5.82 Å². The number of aromatic nitrogens is 2. The zero-order valence-corrected chi connectivity index (χ0v) is 10.1. The van der Waals surface area contributed by atoms with Crippen molar-refractivity contribution in [3.8, 4) is 0 Å². The maximum absolute atomic E-state index is 12.0. The van der Waals surface area contributed by atoms with Crippen molar-refractivity contribution in [1.82, 2.24) is 9.97 Å². The number of fused-ring (bicyclic) bond motifs is 1. The number of hydrogen-bond donors (Lipinski definition) is 1. The third-order valence-electron chi connectivity index (χ3n) is 2.80. The molecule has 0 bridgehead atoms. The summed E-state index contributed by atoms with van der Waals surface area (Å²) in [5.74, 6) is 0.323. The van der Waals surface area contributed by atoms with Gasteiger partial charge >= 0.3 is 0 Å². The van der Waals surface area contributed by atoms with Crippen molar-refractivity contribution in [2.24, 2.45) is 0 Å². The second kappa shape index (κ2) is 4.86. The Bertz CT molecular complexity index is 726. The molecule has 0 fully saturated rings. The predicted molar refractivity (Wildman–Crippen MR) is 73.9 cm³/mol. The molecule has 2 aromatic heterocycles. The van der Waals surface area contributed by atoms with Crippen molar-refractivity contribution in [3.63, 3.8) is 0 Å². The summed E-state index contributed by atoms with van der Waals surface area (Å²) in [7, 11) is 0. The van der Waals surface area contributed by atoms with Crippen molar-refractivity contribution in [3.05, 3.63) is 66.6 Å². The van der Waals surface area contributed by atoms with Crippen LogP contribution in [0.3, 0.4) is 0 Å². The van der Waals surface area contributed by atoms with Crippen molar-refractivity contribution >= 4 is 22.5 Å². The quantitative estimate of drug-likeness (QED) is 0.759. The van der Waals surface area contributed by atoms with Crippen LogP contribution in [0.1, 0.15) is 10.4 Å². The van der Waals surface area contributed by atoms with Gasteiger partial charge in [-0.05, 0) is 23.6 Å². The lowest BCUT2D eigenvalue weighted by molar-refractivity contribution is 0.102. The molecule has 4 heteroatoms. The molecule has 0 aliphatic heterocycles. The molecule has 2 heterocycles. The highest BCUT2D eigenvalue weighted by Gasteiger charge is 2.06. The number of nitrogens with one attached hydrogen (secondary N) is 1. The van der Waals surface area contributed by atoms with Gasteiger partial charge in [-0.1, -0.05) is 24.3 Å². The first-order valence-electron chi connectivity index (χ1n) is 5.89. The minimum absolute atomic E-state index is 0.212. The number of pyridine rings is 2. The van der Waals surface area contributed by atoms with E-state index in [-0.39, 0.29) is 5.91 Å². The summed E-state index contributed by atoms with van der Waals surface area (Å²) < 4.78 is 0. The van der Waals surface area contributed by atoms with Gasteiger partial charge in [0.15, 0.2) is 0 Å². The summed E-state index contributed by atoms with van der Waals surface area (Å²) in [6.07, 6.45) is 4.90. The highest BCUT2D eigenvalue weighted by atomic mass is 16.1. The molecule has 1 N–H and O–H groups in total. The predicted octanol–water partition coefficient (Wildman–Crippen LogP) is 2.88. The molecule has 0 spiro atoms. The van der Waals surface area contributed by atoms with Crippen LogP contribution in [-0.4, -0.2) is 15.9 Å². The van der Waals surface area contributed by atoms with Gasteiger partial charge in [-0.15, -0.1) is 0 Å². The van der Waals surface area contributed by atoms with E-state index >= 15 is 0 Å². The smallest absolute Gasteiger partial charge is 0.258 e. The Morgan fingerprint density at radius 3 is 2.63 bits per heavy atom. The van der Waals surface area contributed by atoms with E-state index in [4.69, 9.17) is 0 Å². The molecule has 0 atom stereocenters. The maximum atomic E-state index is 12.0. The van der Waals surface area contributed by atoms with E-state index in [1.807, 2.05) is 30.3 Å². The molecule has 1 aromatic carbocycles. The Morgan fingerprint density at radius 1 is 1.00 bits per heavy atom. The highest BCUT2D eigenvalue weighted by molar-refractivity contribution is 6.04. The Kier molecular flexibility index (Phi) is 2.90. The number of carbonyl (C=O) groups excluding carboxylic acids is 1. The first kappa shape index (κ1) is 11.3. The van der Waals surface area contributed by atoms with Crippen LogP contribution in [0.5, 0.6) is 0 Å². The third kappa shape index (κ3) is 2.42. The summed E-state index contributed by atoms with van der Waals surface area (Å²) in [6, 6.07) is 13.2. The van der Waals surface area contributed by atoms with Crippen molar-refractivity contribution in [1.29, 1.82) is 0 Å². The standard InChI is InChI=1S/C15H11N3O/c19-15(13-6-3-7-16-9-13)18-14-8-11-4-1-2-5-12(11)10-17-14/h1-10H,(H,17,18,19). The zero-order chi connectivity index (χ0) is 13.1. The topological polar surface area (TPSA) is 54.9 Å². The van der Waals surface area contributed by atoms with E-state index in [1.165, 1.54) is 6.20 Å². The summed E-state index contributed by atoms with van der Waals surface area (Å²) in [6.45, 7) is 0. The Balaban J connectivity index is 1.87. The van der Waals surface area contributed by atoms with Crippen molar-refractivity contribution < 1.29 is 4.79 Å². The van der Waals surface area contributed by atoms with Gasteiger partial charge in [0.25, 0.3) is 5.91 Å². The molecule has 4 nitrogen and oxygen atoms in total. The molecule has 3 rings (SSSR count). The lowest BCUT2D eigenvalue weighted by Gasteiger charge is -2.05. The molecular weight excluding hydrogens is 238 g/mol. The molecule has 19 heavy (non-hydrogen) atoms. The van der Waals surface area contributed by atoms with Crippen molar-refractivity contribution in [2.75, 3.05) is 5.32 Å². The van der Waals surface area contributed by atoms with Crippen LogP contribution < -0.4 is 5.32 Å². The van der Waals surface area contributed by atoms with Crippen LogP contribution >= 0.6 is 0 Å². The molecule has 0 saturated heterocycles.